The molecule has 2 aromatic rings. The number of carbonyl (C=O) groups excluding carboxylic acids is 2. The minimum Gasteiger partial charge on any atom is -0.493 e. The lowest BCUT2D eigenvalue weighted by Crippen LogP contribution is -2.45. The van der Waals surface area contributed by atoms with Crippen molar-refractivity contribution in [1.29, 1.82) is 0 Å². The quantitative estimate of drug-likeness (QED) is 0.442. The largest absolute Gasteiger partial charge is 0.493 e. The van der Waals surface area contributed by atoms with Crippen LogP contribution in [0.1, 0.15) is 40.0 Å². The Morgan fingerprint density at radius 3 is 2.73 bits per heavy atom. The molecule has 2 aromatic carbocycles. The van der Waals surface area contributed by atoms with E-state index in [1.54, 1.807) is 30.2 Å². The van der Waals surface area contributed by atoms with Crippen molar-refractivity contribution in [3.05, 3.63) is 51.7 Å². The molecular weight excluding hydrogens is 545 g/mol. The number of piperidine rings is 1. The van der Waals surface area contributed by atoms with Gasteiger partial charge in [0, 0.05) is 67.0 Å². The van der Waals surface area contributed by atoms with Crippen LogP contribution in [0.15, 0.2) is 34.8 Å². The number of ether oxygens (including phenoxy) is 3. The van der Waals surface area contributed by atoms with Crippen molar-refractivity contribution in [2.45, 2.75) is 25.3 Å². The fourth-order valence-electron chi connectivity index (χ4n) is 4.49. The van der Waals surface area contributed by atoms with Gasteiger partial charge >= 0.3 is 0 Å². The number of nitrogens with zero attached hydrogens (tertiary/aromatic N) is 1. The first-order chi connectivity index (χ1) is 18.0. The van der Waals surface area contributed by atoms with Gasteiger partial charge < -0.3 is 29.7 Å². The molecule has 0 unspecified atom stereocenters. The van der Waals surface area contributed by atoms with Gasteiger partial charge in [-0.05, 0) is 65.6 Å². The third-order valence-corrected chi connectivity index (χ3v) is 7.15. The maximum absolute atomic E-state index is 15.2. The second-order valence-electron chi connectivity index (χ2n) is 9.14. The number of nitrogens with one attached hydrogen (secondary N) is 2. The van der Waals surface area contributed by atoms with Crippen LogP contribution in [0.5, 0.6) is 5.75 Å². The number of rotatable bonds is 9. The van der Waals surface area contributed by atoms with Gasteiger partial charge in [-0.1, -0.05) is 0 Å². The van der Waals surface area contributed by atoms with Gasteiger partial charge in [0.15, 0.2) is 0 Å². The van der Waals surface area contributed by atoms with Gasteiger partial charge in [0.05, 0.1) is 25.4 Å². The lowest BCUT2D eigenvalue weighted by atomic mass is 9.98. The van der Waals surface area contributed by atoms with Crippen molar-refractivity contribution < 1.29 is 28.2 Å². The third-order valence-electron chi connectivity index (χ3n) is 6.50. The topological polar surface area (TPSA) is 89.1 Å². The molecule has 2 N–H and O–H groups in total. The van der Waals surface area contributed by atoms with E-state index in [1.165, 1.54) is 12.1 Å². The van der Waals surface area contributed by atoms with Crippen molar-refractivity contribution >= 4 is 27.7 Å². The van der Waals surface area contributed by atoms with Crippen molar-refractivity contribution in [3.8, 4) is 16.9 Å². The summed E-state index contributed by atoms with van der Waals surface area (Å²) < 4.78 is 32.2. The summed E-state index contributed by atoms with van der Waals surface area (Å²) >= 11 is 3.51. The Hall–Kier alpha value is -2.53. The summed E-state index contributed by atoms with van der Waals surface area (Å²) in [4.78, 5) is 27.9. The number of methoxy groups -OCH3 is 1. The van der Waals surface area contributed by atoms with Crippen LogP contribution in [0, 0.1) is 5.82 Å². The summed E-state index contributed by atoms with van der Waals surface area (Å²) in [5, 5.41) is 6.36. The molecule has 37 heavy (non-hydrogen) atoms. The molecule has 8 nitrogen and oxygen atoms in total. The molecule has 2 heterocycles. The zero-order valence-corrected chi connectivity index (χ0v) is 22.6. The Kier molecular flexibility index (Phi) is 9.90. The van der Waals surface area contributed by atoms with Gasteiger partial charge in [0.2, 0.25) is 0 Å². The highest BCUT2D eigenvalue weighted by molar-refractivity contribution is 9.10. The average molecular weight is 578 g/mol. The number of carbonyl (C=O) groups is 2. The number of amides is 2. The predicted octanol–water partition coefficient (Wildman–Crippen LogP) is 3.62. The molecule has 200 valence electrons. The summed E-state index contributed by atoms with van der Waals surface area (Å²) in [7, 11) is 1.61. The Labute approximate surface area is 225 Å². The van der Waals surface area contributed by atoms with E-state index in [9.17, 15) is 9.59 Å². The van der Waals surface area contributed by atoms with Crippen molar-refractivity contribution in [1.82, 2.24) is 15.5 Å². The van der Waals surface area contributed by atoms with E-state index < -0.39 is 5.82 Å². The summed E-state index contributed by atoms with van der Waals surface area (Å²) in [5.41, 5.74) is 1.46. The lowest BCUT2D eigenvalue weighted by Gasteiger charge is -2.27. The summed E-state index contributed by atoms with van der Waals surface area (Å²) in [5.74, 6) is -0.535. The Morgan fingerprint density at radius 1 is 1.19 bits per heavy atom. The number of hydrogen-bond acceptors (Lipinski definition) is 6. The maximum atomic E-state index is 15.2. The van der Waals surface area contributed by atoms with Gasteiger partial charge in [-0.2, -0.15) is 0 Å². The van der Waals surface area contributed by atoms with Crippen molar-refractivity contribution in [3.63, 3.8) is 0 Å². The molecule has 0 saturated carbocycles. The summed E-state index contributed by atoms with van der Waals surface area (Å²) in [6.07, 6.45) is 2.53. The molecule has 0 aromatic heterocycles. The Bertz CT molecular complexity index is 1100. The molecule has 10 heteroatoms. The van der Waals surface area contributed by atoms with E-state index in [0.29, 0.717) is 72.9 Å². The molecule has 0 bridgehead atoms. The van der Waals surface area contributed by atoms with E-state index >= 15 is 4.39 Å². The van der Waals surface area contributed by atoms with Crippen LogP contribution in [-0.2, 0) is 9.47 Å². The first-order valence-electron chi connectivity index (χ1n) is 12.6. The summed E-state index contributed by atoms with van der Waals surface area (Å²) in [6, 6.07) is 7.69. The first kappa shape index (κ1) is 27.5. The van der Waals surface area contributed by atoms with E-state index in [0.717, 1.165) is 25.9 Å². The van der Waals surface area contributed by atoms with E-state index in [-0.39, 0.29) is 23.4 Å². The highest BCUT2D eigenvalue weighted by Crippen LogP contribution is 2.37. The molecule has 0 radical (unpaired) electrons. The highest BCUT2D eigenvalue weighted by Gasteiger charge is 2.24. The Morgan fingerprint density at radius 2 is 2.00 bits per heavy atom. The average Bonchev–Trinajstić information content (AvgIpc) is 2.92. The SMILES string of the molecule is COCCCOc1cc(C(=O)N[C@@H]2CCCNC2)c(Br)cc1-c1cc(C(=O)N2CCOCC2)ccc1F. The van der Waals surface area contributed by atoms with Crippen LogP contribution < -0.4 is 15.4 Å². The zero-order chi connectivity index (χ0) is 26.2. The fourth-order valence-corrected chi connectivity index (χ4v) is 5.02. The number of halogens is 2. The molecule has 2 aliphatic rings. The fraction of sp³-hybridized carbons (Fsp3) is 0.481. The molecule has 1 atom stereocenters. The van der Waals surface area contributed by atoms with Crippen molar-refractivity contribution in [2.24, 2.45) is 0 Å². The molecule has 4 rings (SSSR count). The van der Waals surface area contributed by atoms with Gasteiger partial charge in [-0.25, -0.2) is 4.39 Å². The first-order valence-corrected chi connectivity index (χ1v) is 13.4. The molecule has 2 amide bonds. The van der Waals surface area contributed by atoms with E-state index in [1.807, 2.05) is 0 Å². The molecule has 0 aliphatic carbocycles. The predicted molar refractivity (Wildman–Crippen MR) is 142 cm³/mol. The highest BCUT2D eigenvalue weighted by atomic mass is 79.9. The lowest BCUT2D eigenvalue weighted by molar-refractivity contribution is 0.0303. The van der Waals surface area contributed by atoms with E-state index in [4.69, 9.17) is 14.2 Å². The van der Waals surface area contributed by atoms with Gasteiger partial charge in [-0.15, -0.1) is 0 Å². The number of benzene rings is 2. The molecule has 2 aliphatic heterocycles. The molecule has 2 fully saturated rings. The van der Waals surface area contributed by atoms with Gasteiger partial charge in [0.25, 0.3) is 11.8 Å². The standard InChI is InChI=1S/C27H33BrFN3O5/c1-35-10-3-11-37-25-16-22(26(33)31-19-4-2-7-30-17-19)23(28)15-21(25)20-14-18(5-6-24(20)29)27(34)32-8-12-36-13-9-32/h5-6,14-16,19,30H,2-4,7-13,17H2,1H3,(H,31,33)/t19-/m1/s1. The minimum absolute atomic E-state index is 0.0409. The van der Waals surface area contributed by atoms with Crippen LogP contribution in [0.2, 0.25) is 0 Å². The number of morpholine rings is 1. The second kappa shape index (κ2) is 13.3. The Balaban J connectivity index is 1.66. The number of hydrogen-bond donors (Lipinski definition) is 2. The van der Waals surface area contributed by atoms with Gasteiger partial charge in [-0.3, -0.25) is 9.59 Å². The van der Waals surface area contributed by atoms with Crippen LogP contribution >= 0.6 is 15.9 Å². The maximum Gasteiger partial charge on any atom is 0.254 e. The van der Waals surface area contributed by atoms with Gasteiger partial charge in [0.1, 0.15) is 11.6 Å². The van der Waals surface area contributed by atoms with Crippen LogP contribution in [-0.4, -0.2) is 82.5 Å². The molecular formula is C27H33BrFN3O5. The van der Waals surface area contributed by atoms with Crippen LogP contribution in [0.25, 0.3) is 11.1 Å². The van der Waals surface area contributed by atoms with Crippen LogP contribution in [0.4, 0.5) is 4.39 Å². The smallest absolute Gasteiger partial charge is 0.254 e. The zero-order valence-electron chi connectivity index (χ0n) is 21.0. The molecule has 0 spiro atoms. The van der Waals surface area contributed by atoms with Crippen molar-refractivity contribution in [2.75, 3.05) is 59.7 Å². The summed E-state index contributed by atoms with van der Waals surface area (Å²) in [6.45, 7) is 4.44. The third kappa shape index (κ3) is 7.07. The normalized spacial score (nSPS) is 17.9. The molecule has 2 saturated heterocycles. The minimum atomic E-state index is -0.488. The van der Waals surface area contributed by atoms with Crippen LogP contribution in [0.3, 0.4) is 0 Å². The second-order valence-corrected chi connectivity index (χ2v) is 9.99. The van der Waals surface area contributed by atoms with E-state index in [2.05, 4.69) is 26.6 Å². The monoisotopic (exact) mass is 577 g/mol.